The maximum Gasteiger partial charge on any atom is 0.328 e. The van der Waals surface area contributed by atoms with E-state index >= 15 is 0 Å². The van der Waals surface area contributed by atoms with Crippen molar-refractivity contribution in [3.8, 4) is 5.75 Å². The van der Waals surface area contributed by atoms with Gasteiger partial charge in [0, 0.05) is 67.5 Å². The molecule has 0 atom stereocenters. The zero-order chi connectivity index (χ0) is 40.6. The van der Waals surface area contributed by atoms with Crippen molar-refractivity contribution in [1.82, 2.24) is 29.9 Å². The van der Waals surface area contributed by atoms with Gasteiger partial charge in [-0.3, -0.25) is 29.3 Å². The van der Waals surface area contributed by atoms with Crippen LogP contribution in [0.1, 0.15) is 103 Å². The van der Waals surface area contributed by atoms with E-state index in [9.17, 15) is 19.2 Å². The predicted octanol–water partition coefficient (Wildman–Crippen LogP) is 7.63. The van der Waals surface area contributed by atoms with Crippen LogP contribution in [0.5, 0.6) is 5.75 Å². The number of imide groups is 1. The fourth-order valence-electron chi connectivity index (χ4n) is 9.70. The van der Waals surface area contributed by atoms with E-state index in [2.05, 4.69) is 38.4 Å². The fraction of sp³-hybridized carbons (Fsp3) is 0.500. The number of pyridine rings is 1. The van der Waals surface area contributed by atoms with Crippen LogP contribution >= 0.6 is 11.6 Å². The topological polar surface area (TPSA) is 142 Å². The molecule has 5 amide bonds. The number of likely N-dealkylation sites (tertiary alicyclic amines) is 1. The van der Waals surface area contributed by atoms with Gasteiger partial charge in [0.1, 0.15) is 11.4 Å². The number of fused-ring (bicyclic) bond motifs is 1. The molecule has 2 aromatic heterocycles. The molecule has 2 saturated carbocycles. The lowest BCUT2D eigenvalue weighted by atomic mass is 9.66. The molecule has 2 aromatic carbocycles. The van der Waals surface area contributed by atoms with Crippen LogP contribution < -0.4 is 20.3 Å². The van der Waals surface area contributed by atoms with Gasteiger partial charge in [-0.15, -0.1) is 0 Å². The third kappa shape index (κ3) is 8.42. The van der Waals surface area contributed by atoms with Gasteiger partial charge in [0.15, 0.2) is 0 Å². The summed E-state index contributed by atoms with van der Waals surface area (Å²) in [5, 5.41) is 11.6. The smallest absolute Gasteiger partial charge is 0.328 e. The van der Waals surface area contributed by atoms with E-state index in [4.69, 9.17) is 21.4 Å². The van der Waals surface area contributed by atoms with Crippen LogP contribution in [0.25, 0.3) is 10.9 Å². The van der Waals surface area contributed by atoms with Crippen LogP contribution in [-0.2, 0) is 4.79 Å². The van der Waals surface area contributed by atoms with Crippen LogP contribution in [0, 0.1) is 18.3 Å². The van der Waals surface area contributed by atoms with Gasteiger partial charge in [0.05, 0.1) is 35.1 Å². The second kappa shape index (κ2) is 16.7. The Morgan fingerprint density at radius 3 is 2.45 bits per heavy atom. The van der Waals surface area contributed by atoms with E-state index < -0.39 is 6.03 Å². The Hall–Kier alpha value is -5.01. The summed E-state index contributed by atoms with van der Waals surface area (Å²) in [7, 11) is 3.91. The number of methoxy groups -OCH3 is 1. The maximum absolute atomic E-state index is 13.6. The highest BCUT2D eigenvalue weighted by Crippen LogP contribution is 2.46. The molecule has 2 aliphatic heterocycles. The monoisotopic (exact) mass is 808 g/mol. The van der Waals surface area contributed by atoms with Crippen molar-refractivity contribution in [3.63, 3.8) is 0 Å². The quantitative estimate of drug-likeness (QED) is 0.176. The molecule has 58 heavy (non-hydrogen) atoms. The molecule has 306 valence electrons. The number of benzene rings is 2. The lowest BCUT2D eigenvalue weighted by molar-refractivity contribution is -0.120. The Morgan fingerprint density at radius 2 is 1.74 bits per heavy atom. The summed E-state index contributed by atoms with van der Waals surface area (Å²) in [6.07, 6.45) is 13.6. The van der Waals surface area contributed by atoms with Crippen molar-refractivity contribution < 1.29 is 23.9 Å². The number of hydrogen-bond donors (Lipinski definition) is 2. The molecule has 2 saturated heterocycles. The van der Waals surface area contributed by atoms with Crippen LogP contribution in [0.15, 0.2) is 54.7 Å². The number of rotatable bonds is 9. The molecule has 2 N–H and O–H groups in total. The lowest BCUT2D eigenvalue weighted by Gasteiger charge is -2.47. The summed E-state index contributed by atoms with van der Waals surface area (Å²) in [4.78, 5) is 61.0. The summed E-state index contributed by atoms with van der Waals surface area (Å²) in [6, 6.07) is 14.7. The van der Waals surface area contributed by atoms with Gasteiger partial charge >= 0.3 is 6.03 Å². The van der Waals surface area contributed by atoms with Gasteiger partial charge in [0.25, 0.3) is 11.8 Å². The minimum Gasteiger partial charge on any atom is -0.494 e. The highest BCUT2D eigenvalue weighted by Gasteiger charge is 2.40. The minimum absolute atomic E-state index is 0.0443. The first-order chi connectivity index (χ1) is 28.0. The number of aryl methyl sites for hydroxylation is 1. The van der Waals surface area contributed by atoms with E-state index in [1.54, 1.807) is 31.4 Å². The highest BCUT2D eigenvalue weighted by molar-refractivity contribution is 6.34. The Labute approximate surface area is 344 Å². The molecule has 4 fully saturated rings. The molecule has 0 bridgehead atoms. The molecule has 0 unspecified atom stereocenters. The number of urea groups is 1. The standard InChI is InChI=1S/C44H53ClN8O5/c1-28-5-4-6-35(46-28)41(55)47-37-23-31-27-53(49-36(31)25-39(37)58-3)33-10-7-29(8-11-33)26-50(2)32-13-16-44(17-14-32)18-21-51(22-19-44)42(56)30-9-12-34(45)38(24-30)52-20-15-40(54)48-43(52)57/h4-6,9,12,23-25,27,29,32-33H,7-8,10-11,13-22,26H2,1-3H3,(H,47,55)(H,48,54,57). The van der Waals surface area contributed by atoms with Crippen molar-refractivity contribution >= 4 is 57.6 Å². The van der Waals surface area contributed by atoms with E-state index in [0.29, 0.717) is 51.4 Å². The van der Waals surface area contributed by atoms with Crippen molar-refractivity contribution in [2.75, 3.05) is 50.6 Å². The maximum atomic E-state index is 13.6. The SMILES string of the molecule is COc1cc2nn(C3CCC(CN(C)C4CCC5(CC4)CCN(C(=O)c4ccc(Cl)c(N6CCC(=O)NC6=O)c4)CC5)CC3)cc2cc1NC(=O)c1cccc(C)n1. The number of nitrogens with one attached hydrogen (secondary N) is 2. The number of anilines is 2. The van der Waals surface area contributed by atoms with E-state index in [-0.39, 0.29) is 36.1 Å². The third-order valence-corrected chi connectivity index (χ3v) is 13.6. The van der Waals surface area contributed by atoms with Crippen LogP contribution in [-0.4, -0.2) is 94.7 Å². The van der Waals surface area contributed by atoms with E-state index in [0.717, 1.165) is 61.9 Å². The molecule has 1 spiro atoms. The largest absolute Gasteiger partial charge is 0.494 e. The Morgan fingerprint density at radius 1 is 0.983 bits per heavy atom. The normalized spacial score (nSPS) is 21.4. The minimum atomic E-state index is -0.518. The van der Waals surface area contributed by atoms with E-state index in [1.807, 2.05) is 36.1 Å². The Balaban J connectivity index is 0.799. The van der Waals surface area contributed by atoms with Gasteiger partial charge in [-0.25, -0.2) is 9.78 Å². The number of hydrogen-bond acceptors (Lipinski definition) is 8. The summed E-state index contributed by atoms with van der Waals surface area (Å²) in [5.41, 5.74) is 3.83. The number of aromatic nitrogens is 3. The van der Waals surface area contributed by atoms with Crippen LogP contribution in [0.2, 0.25) is 5.02 Å². The zero-order valence-electron chi connectivity index (χ0n) is 33.6. The molecule has 4 aliphatic rings. The van der Waals surface area contributed by atoms with Gasteiger partial charge in [-0.1, -0.05) is 17.7 Å². The van der Waals surface area contributed by atoms with Crippen molar-refractivity contribution in [1.29, 1.82) is 0 Å². The van der Waals surface area contributed by atoms with Crippen molar-refractivity contribution in [3.05, 3.63) is 76.7 Å². The first-order valence-electron chi connectivity index (χ1n) is 20.7. The first-order valence-corrected chi connectivity index (χ1v) is 21.1. The number of carbonyl (C=O) groups is 4. The third-order valence-electron chi connectivity index (χ3n) is 13.2. The lowest BCUT2D eigenvalue weighted by Crippen LogP contribution is -2.49. The number of nitrogens with zero attached hydrogens (tertiary/aromatic N) is 6. The van der Waals surface area contributed by atoms with Gasteiger partial charge < -0.3 is 19.9 Å². The summed E-state index contributed by atoms with van der Waals surface area (Å²) in [6.45, 7) is 4.65. The predicted molar refractivity (Wildman–Crippen MR) is 224 cm³/mol. The molecular formula is C44H53ClN8O5. The summed E-state index contributed by atoms with van der Waals surface area (Å²) < 4.78 is 7.75. The van der Waals surface area contributed by atoms with Gasteiger partial charge in [0.2, 0.25) is 5.91 Å². The summed E-state index contributed by atoms with van der Waals surface area (Å²) in [5.74, 6) is 0.591. The Kier molecular flexibility index (Phi) is 11.5. The van der Waals surface area contributed by atoms with Crippen molar-refractivity contribution in [2.24, 2.45) is 11.3 Å². The average Bonchev–Trinajstić information content (AvgIpc) is 3.64. The second-order valence-electron chi connectivity index (χ2n) is 16.9. The number of ether oxygens (including phenoxy) is 1. The van der Waals surface area contributed by atoms with Crippen molar-refractivity contribution in [2.45, 2.75) is 89.6 Å². The van der Waals surface area contributed by atoms with Crippen LogP contribution in [0.4, 0.5) is 16.2 Å². The molecule has 2 aliphatic carbocycles. The molecule has 4 aromatic rings. The van der Waals surface area contributed by atoms with Gasteiger partial charge in [-0.05, 0) is 126 Å². The molecule has 14 heteroatoms. The highest BCUT2D eigenvalue weighted by atomic mass is 35.5. The average molecular weight is 809 g/mol. The number of amides is 5. The van der Waals surface area contributed by atoms with Gasteiger partial charge in [-0.2, -0.15) is 5.10 Å². The Bertz CT molecular complexity index is 2200. The first kappa shape index (κ1) is 39.8. The fourth-order valence-corrected chi connectivity index (χ4v) is 9.92. The van der Waals surface area contributed by atoms with Crippen LogP contribution in [0.3, 0.4) is 0 Å². The molecule has 13 nitrogen and oxygen atoms in total. The second-order valence-corrected chi connectivity index (χ2v) is 17.3. The molecule has 4 heterocycles. The zero-order valence-corrected chi connectivity index (χ0v) is 34.4. The number of carbonyl (C=O) groups excluding carboxylic acids is 4. The molecule has 0 radical (unpaired) electrons. The summed E-state index contributed by atoms with van der Waals surface area (Å²) >= 11 is 6.44. The molecule has 8 rings (SSSR count). The molecular weight excluding hydrogens is 756 g/mol. The van der Waals surface area contributed by atoms with E-state index in [1.165, 1.54) is 43.4 Å². The number of piperidine rings is 1. The number of halogens is 1.